The predicted octanol–water partition coefficient (Wildman–Crippen LogP) is 11.8. The van der Waals surface area contributed by atoms with Gasteiger partial charge in [0.2, 0.25) is 5.71 Å². The van der Waals surface area contributed by atoms with Gasteiger partial charge in [-0.3, -0.25) is 0 Å². The number of fused-ring (bicyclic) bond motifs is 7. The molecular formula is C47H32N4O. The van der Waals surface area contributed by atoms with E-state index < -0.39 is 0 Å². The van der Waals surface area contributed by atoms with Gasteiger partial charge in [-0.2, -0.15) is 0 Å². The Morgan fingerprint density at radius 3 is 1.58 bits per heavy atom. The largest absolute Gasteiger partial charge is 0.438 e. The Labute approximate surface area is 301 Å². The van der Waals surface area contributed by atoms with Gasteiger partial charge in [-0.1, -0.05) is 166 Å². The van der Waals surface area contributed by atoms with E-state index in [0.29, 0.717) is 23.2 Å². The Bertz CT molecular complexity index is 2790. The van der Waals surface area contributed by atoms with E-state index in [1.165, 1.54) is 27.8 Å². The van der Waals surface area contributed by atoms with Crippen molar-refractivity contribution in [3.63, 3.8) is 0 Å². The van der Waals surface area contributed by atoms with E-state index in [1.54, 1.807) is 0 Å². The van der Waals surface area contributed by atoms with Crippen molar-refractivity contribution in [3.8, 4) is 67.7 Å². The normalized spacial score (nSPS) is 13.0. The third kappa shape index (κ3) is 4.78. The minimum atomic E-state index is -0.261. The van der Waals surface area contributed by atoms with E-state index in [9.17, 15) is 0 Å². The van der Waals surface area contributed by atoms with E-state index in [4.69, 9.17) is 24.4 Å². The lowest BCUT2D eigenvalue weighted by Crippen LogP contribution is -2.17. The molecule has 0 N–H and O–H groups in total. The Morgan fingerprint density at radius 2 is 0.923 bits per heavy atom. The molecule has 10 rings (SSSR count). The summed E-state index contributed by atoms with van der Waals surface area (Å²) in [4.78, 5) is 20.2. The highest BCUT2D eigenvalue weighted by Gasteiger charge is 2.40. The molecule has 0 saturated carbocycles. The fraction of sp³-hybridized carbons (Fsp3) is 0.0638. The lowest BCUT2D eigenvalue weighted by molar-refractivity contribution is 0.645. The molecule has 52 heavy (non-hydrogen) atoms. The fourth-order valence-corrected chi connectivity index (χ4v) is 7.79. The summed E-state index contributed by atoms with van der Waals surface area (Å²) < 4.78 is 6.42. The molecule has 0 unspecified atom stereocenters. The maximum atomic E-state index is 6.42. The summed E-state index contributed by atoms with van der Waals surface area (Å²) in [5.74, 6) is 1.87. The van der Waals surface area contributed by atoms with Crippen LogP contribution in [0.25, 0.3) is 89.7 Å². The number of furan rings is 1. The topological polar surface area (TPSA) is 64.7 Å². The van der Waals surface area contributed by atoms with Crippen molar-refractivity contribution in [2.45, 2.75) is 19.3 Å². The van der Waals surface area contributed by atoms with Gasteiger partial charge in [-0.15, -0.1) is 0 Å². The van der Waals surface area contributed by atoms with Crippen molar-refractivity contribution in [1.29, 1.82) is 0 Å². The smallest absolute Gasteiger partial charge is 0.228 e. The van der Waals surface area contributed by atoms with Gasteiger partial charge in [0.25, 0.3) is 0 Å². The number of pyridine rings is 1. The molecule has 0 aliphatic heterocycles. The summed E-state index contributed by atoms with van der Waals surface area (Å²) >= 11 is 0. The van der Waals surface area contributed by atoms with Crippen LogP contribution in [-0.2, 0) is 5.41 Å². The molecule has 1 aliphatic carbocycles. The molecule has 0 bridgehead atoms. The van der Waals surface area contributed by atoms with Crippen LogP contribution in [-0.4, -0.2) is 19.9 Å². The van der Waals surface area contributed by atoms with Gasteiger partial charge in [0.1, 0.15) is 5.58 Å². The van der Waals surface area contributed by atoms with E-state index in [-0.39, 0.29) is 5.41 Å². The van der Waals surface area contributed by atoms with E-state index in [2.05, 4.69) is 123 Å². The second-order valence-corrected chi connectivity index (χ2v) is 13.9. The van der Waals surface area contributed by atoms with Crippen LogP contribution in [0.5, 0.6) is 0 Å². The van der Waals surface area contributed by atoms with Crippen LogP contribution in [0.15, 0.2) is 162 Å². The van der Waals surface area contributed by atoms with Crippen LogP contribution in [0.4, 0.5) is 0 Å². The molecule has 5 heteroatoms. The summed E-state index contributed by atoms with van der Waals surface area (Å²) in [6.45, 7) is 4.60. The monoisotopic (exact) mass is 668 g/mol. The summed E-state index contributed by atoms with van der Waals surface area (Å²) in [6.07, 6.45) is 0. The average molecular weight is 669 g/mol. The van der Waals surface area contributed by atoms with Gasteiger partial charge in [0.15, 0.2) is 17.5 Å². The number of aromatic nitrogens is 4. The van der Waals surface area contributed by atoms with Gasteiger partial charge < -0.3 is 4.42 Å². The standard InChI is InChI=1S/C47H32N4O/c1-47(2)37-19-11-9-17-35(37)39-40-36-18-10-12-20-38(36)52-46(40)48-42(41(39)47)31-23-27-34(28-24-31)45-50-43(32-15-7-4-8-16-32)49-44(51-45)33-25-21-30(22-26-33)29-13-5-3-6-14-29/h3-28H,1-2H3. The molecule has 0 amide bonds. The van der Waals surface area contributed by atoms with Crippen molar-refractivity contribution >= 4 is 22.1 Å². The third-order valence-corrected chi connectivity index (χ3v) is 10.4. The van der Waals surface area contributed by atoms with Crippen LogP contribution < -0.4 is 0 Å². The lowest BCUT2D eigenvalue weighted by atomic mass is 9.80. The summed E-state index contributed by atoms with van der Waals surface area (Å²) in [6, 6.07) is 54.3. The Hall–Kier alpha value is -6.72. The van der Waals surface area contributed by atoms with E-state index >= 15 is 0 Å². The molecule has 0 fully saturated rings. The highest BCUT2D eigenvalue weighted by atomic mass is 16.3. The molecule has 0 spiro atoms. The van der Waals surface area contributed by atoms with Gasteiger partial charge in [-0.05, 0) is 33.9 Å². The summed E-state index contributed by atoms with van der Waals surface area (Å²) in [5.41, 5.74) is 13.2. The average Bonchev–Trinajstić information content (AvgIpc) is 3.70. The molecule has 9 aromatic rings. The molecule has 0 saturated heterocycles. The second-order valence-electron chi connectivity index (χ2n) is 13.9. The van der Waals surface area contributed by atoms with E-state index in [1.807, 2.05) is 48.5 Å². The van der Waals surface area contributed by atoms with Crippen LogP contribution >= 0.6 is 0 Å². The number of benzene rings is 6. The quantitative estimate of drug-likeness (QED) is 0.183. The zero-order chi connectivity index (χ0) is 34.8. The first-order chi connectivity index (χ1) is 25.5. The first kappa shape index (κ1) is 30.1. The fourth-order valence-electron chi connectivity index (χ4n) is 7.79. The minimum absolute atomic E-state index is 0.261. The van der Waals surface area contributed by atoms with Crippen molar-refractivity contribution in [2.75, 3.05) is 0 Å². The maximum Gasteiger partial charge on any atom is 0.228 e. The van der Waals surface area contributed by atoms with Crippen LogP contribution in [0.1, 0.15) is 25.0 Å². The van der Waals surface area contributed by atoms with Crippen molar-refractivity contribution in [2.24, 2.45) is 0 Å². The first-order valence-electron chi connectivity index (χ1n) is 17.6. The number of para-hydroxylation sites is 1. The zero-order valence-electron chi connectivity index (χ0n) is 28.7. The predicted molar refractivity (Wildman–Crippen MR) is 210 cm³/mol. The highest BCUT2D eigenvalue weighted by molar-refractivity contribution is 6.15. The van der Waals surface area contributed by atoms with Gasteiger partial charge in [0, 0.05) is 38.6 Å². The van der Waals surface area contributed by atoms with Gasteiger partial charge >= 0.3 is 0 Å². The Kier molecular flexibility index (Phi) is 6.77. The highest BCUT2D eigenvalue weighted by Crippen LogP contribution is 2.55. The third-order valence-electron chi connectivity index (χ3n) is 10.4. The van der Waals surface area contributed by atoms with Crippen molar-refractivity contribution in [3.05, 3.63) is 169 Å². The van der Waals surface area contributed by atoms with Gasteiger partial charge in [-0.25, -0.2) is 19.9 Å². The second kappa shape index (κ2) is 11.7. The van der Waals surface area contributed by atoms with Crippen LogP contribution in [0.2, 0.25) is 0 Å². The number of nitrogens with zero attached hydrogens (tertiary/aromatic N) is 4. The molecule has 246 valence electrons. The Morgan fingerprint density at radius 1 is 0.442 bits per heavy atom. The molecule has 5 nitrogen and oxygen atoms in total. The summed E-state index contributed by atoms with van der Waals surface area (Å²) in [5, 5.41) is 2.16. The molecule has 0 atom stereocenters. The van der Waals surface area contributed by atoms with Crippen LogP contribution in [0.3, 0.4) is 0 Å². The Balaban J connectivity index is 1.10. The SMILES string of the molecule is CC1(C)c2ccccc2-c2c1c(-c1ccc(-c3nc(-c4ccccc4)nc(-c4ccc(-c5ccccc5)cc4)n3)cc1)nc1oc3ccccc3c21. The van der Waals surface area contributed by atoms with Crippen molar-refractivity contribution in [1.82, 2.24) is 19.9 Å². The molecular weight excluding hydrogens is 637 g/mol. The number of rotatable bonds is 5. The van der Waals surface area contributed by atoms with E-state index in [0.717, 1.165) is 49.9 Å². The molecule has 3 heterocycles. The molecule has 0 radical (unpaired) electrons. The summed E-state index contributed by atoms with van der Waals surface area (Å²) in [7, 11) is 0. The minimum Gasteiger partial charge on any atom is -0.438 e. The molecule has 6 aromatic carbocycles. The number of hydrogen-bond acceptors (Lipinski definition) is 5. The maximum absolute atomic E-state index is 6.42. The van der Waals surface area contributed by atoms with Crippen molar-refractivity contribution < 1.29 is 4.42 Å². The zero-order valence-corrected chi connectivity index (χ0v) is 28.7. The number of hydrogen-bond donors (Lipinski definition) is 0. The van der Waals surface area contributed by atoms with Crippen LogP contribution in [0, 0.1) is 0 Å². The molecule has 3 aromatic heterocycles. The first-order valence-corrected chi connectivity index (χ1v) is 17.6. The lowest BCUT2D eigenvalue weighted by Gasteiger charge is -2.24. The van der Waals surface area contributed by atoms with Gasteiger partial charge in [0.05, 0.1) is 11.1 Å². The molecule has 1 aliphatic rings.